The third-order valence-electron chi connectivity index (χ3n) is 9.00. The minimum atomic E-state index is 0.837. The first kappa shape index (κ1) is 25.8. The number of hydrogen-bond donors (Lipinski definition) is 0. The normalized spacial score (nSPS) is 26.3. The van der Waals surface area contributed by atoms with Crippen molar-refractivity contribution in [2.24, 2.45) is 11.8 Å². The fraction of sp³-hybridized carbons (Fsp3) is 0.812. The van der Waals surface area contributed by atoms with E-state index in [2.05, 4.69) is 38.1 Å². The molecule has 32 heavy (non-hydrogen) atoms. The Kier molecular flexibility index (Phi) is 12.3. The van der Waals surface area contributed by atoms with Gasteiger partial charge in [-0.1, -0.05) is 115 Å². The zero-order valence-corrected chi connectivity index (χ0v) is 21.8. The lowest BCUT2D eigenvalue weighted by Gasteiger charge is -2.30. The minimum Gasteiger partial charge on any atom is -0.0654 e. The molecule has 0 heteroatoms. The molecule has 0 N–H and O–H groups in total. The largest absolute Gasteiger partial charge is 0.0654 e. The second kappa shape index (κ2) is 15.2. The first-order valence-corrected chi connectivity index (χ1v) is 14.9. The van der Waals surface area contributed by atoms with Crippen LogP contribution in [-0.4, -0.2) is 0 Å². The standard InChI is InChI=1S/C32H54/c1-3-5-7-9-10-12-14-28-17-21-30(22-18-28)32-25-23-31(24-26-32)29-19-15-27(16-20-29)13-11-8-6-4-2/h23-30H,3-22H2,1-2H3/t27-,28-,29-,30-. The Bertz CT molecular complexity index is 569. The van der Waals surface area contributed by atoms with E-state index in [1.165, 1.54) is 128 Å². The Labute approximate surface area is 201 Å². The second-order valence-corrected chi connectivity index (χ2v) is 11.5. The molecule has 1 aromatic carbocycles. The molecular weight excluding hydrogens is 384 g/mol. The van der Waals surface area contributed by atoms with Gasteiger partial charge in [-0.15, -0.1) is 0 Å². The highest BCUT2D eigenvalue weighted by atomic mass is 14.3. The van der Waals surface area contributed by atoms with E-state index in [1.807, 2.05) is 0 Å². The molecule has 0 heterocycles. The Morgan fingerprint density at radius 2 is 0.812 bits per heavy atom. The molecule has 2 fully saturated rings. The lowest BCUT2D eigenvalue weighted by molar-refractivity contribution is 0.300. The van der Waals surface area contributed by atoms with Crippen LogP contribution in [0.4, 0.5) is 0 Å². The van der Waals surface area contributed by atoms with Crippen LogP contribution in [0.25, 0.3) is 0 Å². The minimum absolute atomic E-state index is 0.837. The van der Waals surface area contributed by atoms with Crippen LogP contribution >= 0.6 is 0 Å². The average Bonchev–Trinajstić information content (AvgIpc) is 2.85. The van der Waals surface area contributed by atoms with Crippen molar-refractivity contribution in [1.82, 2.24) is 0 Å². The molecule has 0 bridgehead atoms. The molecule has 2 aliphatic carbocycles. The first-order valence-electron chi connectivity index (χ1n) is 14.9. The van der Waals surface area contributed by atoms with Gasteiger partial charge in [-0.25, -0.2) is 0 Å². The van der Waals surface area contributed by atoms with Crippen LogP contribution in [-0.2, 0) is 0 Å². The van der Waals surface area contributed by atoms with Gasteiger partial charge in [0.05, 0.1) is 0 Å². The third-order valence-corrected chi connectivity index (χ3v) is 9.00. The van der Waals surface area contributed by atoms with E-state index in [0.717, 1.165) is 23.7 Å². The van der Waals surface area contributed by atoms with Gasteiger partial charge in [-0.3, -0.25) is 0 Å². The van der Waals surface area contributed by atoms with Crippen LogP contribution in [0.1, 0.15) is 165 Å². The molecule has 0 saturated heterocycles. The predicted molar refractivity (Wildman–Crippen MR) is 143 cm³/mol. The summed E-state index contributed by atoms with van der Waals surface area (Å²) in [6.07, 6.45) is 29.0. The Morgan fingerprint density at radius 3 is 1.22 bits per heavy atom. The van der Waals surface area contributed by atoms with Gasteiger partial charge in [0.15, 0.2) is 0 Å². The van der Waals surface area contributed by atoms with Crippen LogP contribution < -0.4 is 0 Å². The monoisotopic (exact) mass is 438 g/mol. The van der Waals surface area contributed by atoms with Crippen molar-refractivity contribution in [3.63, 3.8) is 0 Å². The summed E-state index contributed by atoms with van der Waals surface area (Å²) < 4.78 is 0. The first-order chi connectivity index (χ1) is 15.8. The van der Waals surface area contributed by atoms with Gasteiger partial charge in [0.25, 0.3) is 0 Å². The molecule has 0 spiro atoms. The van der Waals surface area contributed by atoms with Crippen molar-refractivity contribution in [1.29, 1.82) is 0 Å². The van der Waals surface area contributed by atoms with Crippen LogP contribution in [0.2, 0.25) is 0 Å². The molecule has 0 aromatic heterocycles. The second-order valence-electron chi connectivity index (χ2n) is 11.5. The SMILES string of the molecule is CCCCCCCC[C@H]1CC[C@H](c2ccc([C@H]3CC[C@H](CCCCCC)CC3)cc2)CC1. The fourth-order valence-corrected chi connectivity index (χ4v) is 6.68. The smallest absolute Gasteiger partial charge is 0.0162 e. The van der Waals surface area contributed by atoms with Gasteiger partial charge < -0.3 is 0 Å². The summed E-state index contributed by atoms with van der Waals surface area (Å²) in [5.74, 6) is 3.72. The molecule has 3 rings (SSSR count). The number of unbranched alkanes of at least 4 members (excludes halogenated alkanes) is 8. The summed E-state index contributed by atoms with van der Waals surface area (Å²) >= 11 is 0. The molecule has 0 amide bonds. The molecule has 2 aliphatic rings. The third kappa shape index (κ3) is 8.87. The summed E-state index contributed by atoms with van der Waals surface area (Å²) in [4.78, 5) is 0. The maximum Gasteiger partial charge on any atom is -0.0162 e. The molecule has 0 unspecified atom stereocenters. The molecule has 0 aliphatic heterocycles. The molecular formula is C32H54. The summed E-state index contributed by atoms with van der Waals surface area (Å²) in [5.41, 5.74) is 3.27. The average molecular weight is 439 g/mol. The molecule has 0 nitrogen and oxygen atoms in total. The highest BCUT2D eigenvalue weighted by Gasteiger charge is 2.24. The number of rotatable bonds is 14. The van der Waals surface area contributed by atoms with Crippen molar-refractivity contribution in [2.45, 2.75) is 154 Å². The van der Waals surface area contributed by atoms with Crippen molar-refractivity contribution < 1.29 is 0 Å². The van der Waals surface area contributed by atoms with Crippen LogP contribution in [0.5, 0.6) is 0 Å². The van der Waals surface area contributed by atoms with E-state index in [4.69, 9.17) is 0 Å². The number of hydrogen-bond acceptors (Lipinski definition) is 0. The summed E-state index contributed by atoms with van der Waals surface area (Å²) in [7, 11) is 0. The van der Waals surface area contributed by atoms with E-state index >= 15 is 0 Å². The Morgan fingerprint density at radius 1 is 0.469 bits per heavy atom. The van der Waals surface area contributed by atoms with Crippen LogP contribution in [0.3, 0.4) is 0 Å². The van der Waals surface area contributed by atoms with Gasteiger partial charge in [-0.05, 0) is 86.2 Å². The van der Waals surface area contributed by atoms with Gasteiger partial charge in [0.1, 0.15) is 0 Å². The maximum absolute atomic E-state index is 2.50. The maximum atomic E-state index is 2.50. The zero-order valence-electron chi connectivity index (χ0n) is 21.8. The highest BCUT2D eigenvalue weighted by molar-refractivity contribution is 5.28. The quantitative estimate of drug-likeness (QED) is 0.253. The zero-order chi connectivity index (χ0) is 22.4. The summed E-state index contributed by atoms with van der Waals surface area (Å²) in [6.45, 7) is 4.63. The van der Waals surface area contributed by atoms with Gasteiger partial charge >= 0.3 is 0 Å². The Hall–Kier alpha value is -0.780. The van der Waals surface area contributed by atoms with E-state index in [0.29, 0.717) is 0 Å². The predicted octanol–water partition coefficient (Wildman–Crippen LogP) is 11.0. The van der Waals surface area contributed by atoms with E-state index < -0.39 is 0 Å². The van der Waals surface area contributed by atoms with Crippen molar-refractivity contribution in [3.05, 3.63) is 35.4 Å². The highest BCUT2D eigenvalue weighted by Crippen LogP contribution is 2.40. The molecule has 182 valence electrons. The summed E-state index contributed by atoms with van der Waals surface area (Å²) in [5, 5.41) is 0. The van der Waals surface area contributed by atoms with Crippen molar-refractivity contribution in [3.8, 4) is 0 Å². The summed E-state index contributed by atoms with van der Waals surface area (Å²) in [6, 6.07) is 10.0. The topological polar surface area (TPSA) is 0 Å². The lowest BCUT2D eigenvalue weighted by Crippen LogP contribution is -2.14. The van der Waals surface area contributed by atoms with Crippen LogP contribution in [0, 0.1) is 11.8 Å². The van der Waals surface area contributed by atoms with E-state index in [-0.39, 0.29) is 0 Å². The molecule has 0 radical (unpaired) electrons. The number of benzene rings is 1. The molecule has 0 atom stereocenters. The van der Waals surface area contributed by atoms with Gasteiger partial charge in [0, 0.05) is 0 Å². The van der Waals surface area contributed by atoms with Crippen molar-refractivity contribution in [2.75, 3.05) is 0 Å². The van der Waals surface area contributed by atoms with Crippen LogP contribution in [0.15, 0.2) is 24.3 Å². The van der Waals surface area contributed by atoms with Gasteiger partial charge in [-0.2, -0.15) is 0 Å². The van der Waals surface area contributed by atoms with Crippen molar-refractivity contribution >= 4 is 0 Å². The Balaban J connectivity index is 1.32. The van der Waals surface area contributed by atoms with Gasteiger partial charge in [0.2, 0.25) is 0 Å². The van der Waals surface area contributed by atoms with E-state index in [1.54, 1.807) is 11.1 Å². The van der Waals surface area contributed by atoms with E-state index in [9.17, 15) is 0 Å². The molecule has 2 saturated carbocycles. The molecule has 1 aromatic rings. The fourth-order valence-electron chi connectivity index (χ4n) is 6.68. The lowest BCUT2D eigenvalue weighted by atomic mass is 9.75.